The number of fused-ring (bicyclic) bond motifs is 1. The first-order chi connectivity index (χ1) is 18.1. The molecular formula is C29H38ClN3O4S. The molecule has 3 heterocycles. The van der Waals surface area contributed by atoms with Gasteiger partial charge in [0.1, 0.15) is 6.04 Å². The lowest BCUT2D eigenvalue weighted by atomic mass is 9.66. The van der Waals surface area contributed by atoms with Gasteiger partial charge >= 0.3 is 0 Å². The highest BCUT2D eigenvalue weighted by Crippen LogP contribution is 2.72. The van der Waals surface area contributed by atoms with Crippen LogP contribution >= 0.6 is 23.4 Å². The molecule has 4 rings (SSSR count). The number of rotatable bonds is 11. The molecule has 0 saturated carbocycles. The number of nitrogens with zero attached hydrogens (tertiary/aromatic N) is 3. The minimum absolute atomic E-state index is 0.0491. The normalized spacial score (nSPS) is 30.2. The molecule has 3 aliphatic heterocycles. The molecule has 0 aromatic heterocycles. The Hall–Kier alpha value is -2.29. The van der Waals surface area contributed by atoms with Gasteiger partial charge in [0.15, 0.2) is 0 Å². The van der Waals surface area contributed by atoms with Gasteiger partial charge in [-0.2, -0.15) is 0 Å². The largest absolute Gasteiger partial charge is 0.394 e. The fraction of sp³-hybridized carbons (Fsp3) is 0.552. The van der Waals surface area contributed by atoms with Crippen molar-refractivity contribution in [1.29, 1.82) is 0 Å². The zero-order chi connectivity index (χ0) is 27.8. The maximum absolute atomic E-state index is 14.5. The van der Waals surface area contributed by atoms with E-state index in [-0.39, 0.29) is 30.9 Å². The quantitative estimate of drug-likeness (QED) is 0.412. The van der Waals surface area contributed by atoms with Crippen molar-refractivity contribution in [2.45, 2.75) is 61.6 Å². The van der Waals surface area contributed by atoms with Gasteiger partial charge in [-0.1, -0.05) is 30.7 Å². The number of aliphatic hydroxyl groups excluding tert-OH is 1. The second-order valence-electron chi connectivity index (χ2n) is 10.8. The number of hydrogen-bond acceptors (Lipinski definition) is 5. The number of likely N-dealkylation sites (tertiary alicyclic amines) is 1. The Morgan fingerprint density at radius 1 is 1.21 bits per heavy atom. The van der Waals surface area contributed by atoms with Crippen molar-refractivity contribution in [3.63, 3.8) is 0 Å². The first-order valence-electron chi connectivity index (χ1n) is 13.3. The summed E-state index contributed by atoms with van der Waals surface area (Å²) in [5.41, 5.74) is 0.652. The fourth-order valence-electron chi connectivity index (χ4n) is 6.72. The number of amides is 3. The molecule has 1 aromatic rings. The molecule has 2 bridgehead atoms. The van der Waals surface area contributed by atoms with Crippen molar-refractivity contribution >= 4 is 46.8 Å². The predicted molar refractivity (Wildman–Crippen MR) is 153 cm³/mol. The molecule has 1 aromatic carbocycles. The standard InChI is InChI=1S/C29H38ClN3O4S/c1-6-15-31(16-7-2)25(35)22-23-26(36)33(19(4)18-34)24(29(23)14-13-28(22,5)38-29)27(37)32(17-8-3)21-11-9-20(30)10-12-21/h6,8-12,19,22-24,34H,1,3,7,13-18H2,2,4-5H3/t19-,22+,23+,24?,28-,29?/m1/s1. The molecule has 3 fully saturated rings. The van der Waals surface area contributed by atoms with Crippen LogP contribution in [0.5, 0.6) is 0 Å². The molecule has 1 spiro atoms. The summed E-state index contributed by atoms with van der Waals surface area (Å²) in [5, 5.41) is 10.7. The maximum Gasteiger partial charge on any atom is 0.251 e. The number of hydrogen-bond donors (Lipinski definition) is 1. The van der Waals surface area contributed by atoms with Crippen molar-refractivity contribution in [1.82, 2.24) is 9.80 Å². The SMILES string of the molecule is C=CCN(CCC)C(=O)[C@@H]1[C@H]2C(=O)N([C@H](C)CO)C(C(=O)N(CC=C)c3ccc(Cl)cc3)C23CC[C@@]1(C)S3. The third-order valence-corrected chi connectivity index (χ3v) is 10.6. The van der Waals surface area contributed by atoms with Gasteiger partial charge in [-0.15, -0.1) is 24.9 Å². The molecule has 38 heavy (non-hydrogen) atoms. The number of halogens is 1. The molecule has 7 nitrogen and oxygen atoms in total. The van der Waals surface area contributed by atoms with Crippen molar-refractivity contribution in [3.05, 3.63) is 54.6 Å². The summed E-state index contributed by atoms with van der Waals surface area (Å²) in [6.45, 7) is 14.5. The summed E-state index contributed by atoms with van der Waals surface area (Å²) in [6.07, 6.45) is 5.56. The summed E-state index contributed by atoms with van der Waals surface area (Å²) in [7, 11) is 0. The van der Waals surface area contributed by atoms with Crippen LogP contribution in [0.3, 0.4) is 0 Å². The van der Waals surface area contributed by atoms with E-state index in [4.69, 9.17) is 11.6 Å². The maximum atomic E-state index is 14.5. The van der Waals surface area contributed by atoms with Crippen LogP contribution in [0.4, 0.5) is 5.69 Å². The summed E-state index contributed by atoms with van der Waals surface area (Å²) in [5.74, 6) is -1.68. The van der Waals surface area contributed by atoms with E-state index in [0.717, 1.165) is 12.8 Å². The third kappa shape index (κ3) is 4.48. The summed E-state index contributed by atoms with van der Waals surface area (Å²) < 4.78 is -1.22. The zero-order valence-corrected chi connectivity index (χ0v) is 24.0. The van der Waals surface area contributed by atoms with Crippen LogP contribution in [-0.4, -0.2) is 80.4 Å². The lowest BCUT2D eigenvalue weighted by Crippen LogP contribution is -2.57. The number of aliphatic hydroxyl groups is 1. The van der Waals surface area contributed by atoms with Crippen LogP contribution < -0.4 is 4.90 Å². The highest BCUT2D eigenvalue weighted by molar-refractivity contribution is 8.02. The van der Waals surface area contributed by atoms with Gasteiger partial charge in [0.05, 0.1) is 29.2 Å². The van der Waals surface area contributed by atoms with Gasteiger partial charge in [0, 0.05) is 35.1 Å². The van der Waals surface area contributed by atoms with Crippen LogP contribution in [0.15, 0.2) is 49.6 Å². The van der Waals surface area contributed by atoms with E-state index in [0.29, 0.717) is 30.2 Å². The van der Waals surface area contributed by atoms with Gasteiger partial charge in [-0.05, 0) is 57.4 Å². The number of benzene rings is 1. The Balaban J connectivity index is 1.81. The smallest absolute Gasteiger partial charge is 0.251 e. The van der Waals surface area contributed by atoms with Crippen LogP contribution in [-0.2, 0) is 14.4 Å². The van der Waals surface area contributed by atoms with Gasteiger partial charge < -0.3 is 19.8 Å². The van der Waals surface area contributed by atoms with Crippen LogP contribution in [0.1, 0.15) is 40.0 Å². The molecule has 1 N–H and O–H groups in total. The minimum atomic E-state index is -0.818. The van der Waals surface area contributed by atoms with Gasteiger partial charge in [-0.3, -0.25) is 14.4 Å². The Bertz CT molecular complexity index is 1110. The molecule has 3 saturated heterocycles. The zero-order valence-electron chi connectivity index (χ0n) is 22.4. The van der Waals surface area contributed by atoms with Gasteiger partial charge in [0.2, 0.25) is 11.8 Å². The van der Waals surface area contributed by atoms with Crippen LogP contribution in [0.25, 0.3) is 0 Å². The van der Waals surface area contributed by atoms with Crippen molar-refractivity contribution in [2.24, 2.45) is 11.8 Å². The molecule has 3 aliphatic rings. The molecular weight excluding hydrogens is 522 g/mol. The number of carbonyl (C=O) groups is 3. The molecule has 2 unspecified atom stereocenters. The Morgan fingerprint density at radius 3 is 2.45 bits per heavy atom. The van der Waals surface area contributed by atoms with E-state index in [9.17, 15) is 19.5 Å². The molecule has 9 heteroatoms. The minimum Gasteiger partial charge on any atom is -0.394 e. The van der Waals surface area contributed by atoms with E-state index < -0.39 is 33.4 Å². The first-order valence-corrected chi connectivity index (χ1v) is 14.5. The predicted octanol–water partition coefficient (Wildman–Crippen LogP) is 4.15. The molecule has 3 amide bonds. The Labute approximate surface area is 234 Å². The Morgan fingerprint density at radius 2 is 1.87 bits per heavy atom. The highest BCUT2D eigenvalue weighted by Gasteiger charge is 2.77. The number of carbonyl (C=O) groups excluding carboxylic acids is 3. The number of thioether (sulfide) groups is 1. The van der Waals surface area contributed by atoms with E-state index in [1.54, 1.807) is 69.8 Å². The van der Waals surface area contributed by atoms with Crippen molar-refractivity contribution in [2.75, 3.05) is 31.1 Å². The van der Waals surface area contributed by atoms with E-state index in [1.165, 1.54) is 0 Å². The second-order valence-corrected chi connectivity index (χ2v) is 13.1. The second kappa shape index (κ2) is 11.1. The lowest BCUT2D eigenvalue weighted by Gasteiger charge is -2.39. The molecule has 0 radical (unpaired) electrons. The monoisotopic (exact) mass is 559 g/mol. The Kier molecular flexibility index (Phi) is 8.36. The summed E-state index contributed by atoms with van der Waals surface area (Å²) in [6, 6.07) is 5.61. The highest BCUT2D eigenvalue weighted by atomic mass is 35.5. The third-order valence-electron chi connectivity index (χ3n) is 8.32. The van der Waals surface area contributed by atoms with E-state index in [2.05, 4.69) is 20.1 Å². The fourth-order valence-corrected chi connectivity index (χ4v) is 9.17. The summed E-state index contributed by atoms with van der Waals surface area (Å²) in [4.78, 5) is 47.8. The van der Waals surface area contributed by atoms with Crippen molar-refractivity contribution in [3.8, 4) is 0 Å². The molecule has 206 valence electrons. The summed E-state index contributed by atoms with van der Waals surface area (Å²) >= 11 is 7.74. The van der Waals surface area contributed by atoms with Gasteiger partial charge in [0.25, 0.3) is 5.91 Å². The van der Waals surface area contributed by atoms with Gasteiger partial charge in [-0.25, -0.2) is 0 Å². The molecule has 0 aliphatic carbocycles. The van der Waals surface area contributed by atoms with E-state index >= 15 is 0 Å². The number of anilines is 1. The van der Waals surface area contributed by atoms with E-state index in [1.807, 2.05) is 6.92 Å². The average molecular weight is 560 g/mol. The average Bonchev–Trinajstić information content (AvgIpc) is 3.47. The van der Waals surface area contributed by atoms with Crippen LogP contribution in [0, 0.1) is 11.8 Å². The lowest BCUT2D eigenvalue weighted by molar-refractivity contribution is -0.146. The first kappa shape index (κ1) is 28.7. The topological polar surface area (TPSA) is 81.2 Å². The molecule has 6 atom stereocenters. The van der Waals surface area contributed by atoms with Crippen LogP contribution in [0.2, 0.25) is 5.02 Å². The van der Waals surface area contributed by atoms with Crippen molar-refractivity contribution < 1.29 is 19.5 Å².